The Bertz CT molecular complexity index is 731. The number of aliphatic carboxylic acids is 1. The number of nitrogens with zero attached hydrogens (tertiary/aromatic N) is 1. The number of amidine groups is 1. The van der Waals surface area contributed by atoms with Gasteiger partial charge in [0.05, 0.1) is 25.9 Å². The molecule has 1 fully saturated rings. The highest BCUT2D eigenvalue weighted by Gasteiger charge is 2.24. The van der Waals surface area contributed by atoms with E-state index in [4.69, 9.17) is 31.9 Å². The molecule has 0 saturated carbocycles. The van der Waals surface area contributed by atoms with Crippen molar-refractivity contribution in [2.24, 2.45) is 10.7 Å². The molecule has 8 heteroatoms. The Hall–Kier alpha value is -2.51. The molecular formula is C19H24ClN3O4. The average molecular weight is 394 g/mol. The van der Waals surface area contributed by atoms with E-state index in [1.807, 2.05) is 24.3 Å². The van der Waals surface area contributed by atoms with Crippen LogP contribution < -0.4 is 11.1 Å². The number of rotatable bonds is 7. The summed E-state index contributed by atoms with van der Waals surface area (Å²) in [6.45, 7) is 3.91. The molecule has 7 nitrogen and oxygen atoms in total. The Balaban J connectivity index is 2.12. The highest BCUT2D eigenvalue weighted by molar-refractivity contribution is 6.30. The summed E-state index contributed by atoms with van der Waals surface area (Å²) >= 11 is 5.94. The zero-order chi connectivity index (χ0) is 19.8. The maximum Gasteiger partial charge on any atom is 0.355 e. The lowest BCUT2D eigenvalue weighted by Gasteiger charge is -2.29. The van der Waals surface area contributed by atoms with Gasteiger partial charge in [-0.1, -0.05) is 30.3 Å². The van der Waals surface area contributed by atoms with Gasteiger partial charge in [-0.2, -0.15) is 0 Å². The zero-order valence-electron chi connectivity index (χ0n) is 15.2. The molecule has 1 aliphatic heterocycles. The summed E-state index contributed by atoms with van der Waals surface area (Å²) in [6.07, 6.45) is 4.04. The number of nitrogens with one attached hydrogen (secondary N) is 1. The first-order chi connectivity index (χ1) is 13.0. The number of methoxy groups -OCH3 is 1. The van der Waals surface area contributed by atoms with Crippen LogP contribution in [0.25, 0.3) is 0 Å². The first-order valence-corrected chi connectivity index (χ1v) is 8.94. The van der Waals surface area contributed by atoms with Gasteiger partial charge >= 0.3 is 5.97 Å². The van der Waals surface area contributed by atoms with Crippen molar-refractivity contribution in [3.63, 3.8) is 0 Å². The summed E-state index contributed by atoms with van der Waals surface area (Å²) in [6, 6.07) is 7.61. The van der Waals surface area contributed by atoms with Gasteiger partial charge in [-0.15, -0.1) is 0 Å². The van der Waals surface area contributed by atoms with Crippen LogP contribution in [0.4, 0.5) is 0 Å². The Kier molecular flexibility index (Phi) is 7.69. The molecule has 1 aromatic rings. The fourth-order valence-corrected chi connectivity index (χ4v) is 2.99. The van der Waals surface area contributed by atoms with E-state index < -0.39 is 11.7 Å². The first-order valence-electron chi connectivity index (χ1n) is 8.56. The molecule has 0 radical (unpaired) electrons. The number of hydrogen-bond acceptors (Lipinski definition) is 5. The van der Waals surface area contributed by atoms with Crippen LogP contribution in [0.2, 0.25) is 5.02 Å². The van der Waals surface area contributed by atoms with Gasteiger partial charge in [-0.3, -0.25) is 4.99 Å². The largest absolute Gasteiger partial charge is 0.491 e. The monoisotopic (exact) mass is 393 g/mol. The van der Waals surface area contributed by atoms with Gasteiger partial charge in [0.15, 0.2) is 17.3 Å². The van der Waals surface area contributed by atoms with Crippen LogP contribution >= 0.6 is 11.6 Å². The topological polar surface area (TPSA) is 106 Å². The molecule has 0 unspecified atom stereocenters. The second-order valence-electron chi connectivity index (χ2n) is 6.02. The summed E-state index contributed by atoms with van der Waals surface area (Å²) < 4.78 is 11.3. The van der Waals surface area contributed by atoms with E-state index in [0.717, 1.165) is 24.8 Å². The molecule has 1 heterocycles. The number of hydrogen-bond donors (Lipinski definition) is 3. The van der Waals surface area contributed by atoms with Crippen LogP contribution in [0.15, 0.2) is 53.5 Å². The van der Waals surface area contributed by atoms with Crippen molar-refractivity contribution in [3.8, 4) is 0 Å². The summed E-state index contributed by atoms with van der Waals surface area (Å²) in [5.41, 5.74) is 6.22. The average Bonchev–Trinajstić information content (AvgIpc) is 2.67. The van der Waals surface area contributed by atoms with E-state index in [-0.39, 0.29) is 23.8 Å². The van der Waals surface area contributed by atoms with Gasteiger partial charge in [0, 0.05) is 5.02 Å². The minimum atomic E-state index is -1.29. The molecule has 0 amide bonds. The van der Waals surface area contributed by atoms with Crippen LogP contribution in [0.5, 0.6) is 0 Å². The van der Waals surface area contributed by atoms with Crippen LogP contribution in [0.1, 0.15) is 30.9 Å². The number of halogens is 1. The van der Waals surface area contributed by atoms with E-state index in [9.17, 15) is 4.79 Å². The Morgan fingerprint density at radius 2 is 2.19 bits per heavy atom. The third-order valence-electron chi connectivity index (χ3n) is 4.18. The second-order valence-corrected chi connectivity index (χ2v) is 6.46. The van der Waals surface area contributed by atoms with Crippen LogP contribution in [-0.4, -0.2) is 36.7 Å². The molecule has 0 aromatic heterocycles. The number of benzene rings is 1. The van der Waals surface area contributed by atoms with E-state index in [0.29, 0.717) is 11.6 Å². The third kappa shape index (κ3) is 5.74. The lowest BCUT2D eigenvalue weighted by molar-refractivity contribution is -0.132. The van der Waals surface area contributed by atoms with Crippen molar-refractivity contribution in [1.82, 2.24) is 5.32 Å². The maximum atomic E-state index is 11.1. The van der Waals surface area contributed by atoms with Crippen LogP contribution in [-0.2, 0) is 14.3 Å². The van der Waals surface area contributed by atoms with Gasteiger partial charge in [0.25, 0.3) is 0 Å². The quantitative estimate of drug-likeness (QED) is 0.284. The van der Waals surface area contributed by atoms with E-state index in [1.54, 1.807) is 0 Å². The molecule has 27 heavy (non-hydrogen) atoms. The van der Waals surface area contributed by atoms with Crippen molar-refractivity contribution in [3.05, 3.63) is 59.1 Å². The number of aliphatic imine (C=N–C) groups is 1. The SMILES string of the molecule is C=CNC(=NC[C@@H]1CCC[C@H](c2ccc(Cl)cc2)O1)/C(OC)=C(\N)C(=O)O. The predicted octanol–water partition coefficient (Wildman–Crippen LogP) is 2.98. The molecule has 1 aromatic carbocycles. The van der Waals surface area contributed by atoms with Crippen molar-refractivity contribution >= 4 is 23.4 Å². The van der Waals surface area contributed by atoms with E-state index in [2.05, 4.69) is 16.9 Å². The molecular weight excluding hydrogens is 370 g/mol. The summed E-state index contributed by atoms with van der Waals surface area (Å²) in [5.74, 6) is -1.14. The second kappa shape index (κ2) is 9.99. The van der Waals surface area contributed by atoms with E-state index >= 15 is 0 Å². The molecule has 1 saturated heterocycles. The molecule has 0 bridgehead atoms. The van der Waals surface area contributed by atoms with Gasteiger partial charge in [-0.25, -0.2) is 4.79 Å². The fraction of sp³-hybridized carbons (Fsp3) is 0.368. The Morgan fingerprint density at radius 3 is 2.78 bits per heavy atom. The van der Waals surface area contributed by atoms with Gasteiger partial charge in [0.1, 0.15) is 0 Å². The Labute approximate surface area is 163 Å². The van der Waals surface area contributed by atoms with Gasteiger partial charge < -0.3 is 25.6 Å². The fourth-order valence-electron chi connectivity index (χ4n) is 2.86. The minimum Gasteiger partial charge on any atom is -0.491 e. The summed E-state index contributed by atoms with van der Waals surface area (Å²) in [7, 11) is 1.33. The predicted molar refractivity (Wildman–Crippen MR) is 104 cm³/mol. The van der Waals surface area contributed by atoms with Crippen molar-refractivity contribution < 1.29 is 19.4 Å². The number of nitrogens with two attached hydrogens (primary N) is 1. The van der Waals surface area contributed by atoms with Crippen molar-refractivity contribution in [2.75, 3.05) is 13.7 Å². The lowest BCUT2D eigenvalue weighted by atomic mass is 9.98. The summed E-state index contributed by atoms with van der Waals surface area (Å²) in [5, 5.41) is 12.6. The highest BCUT2D eigenvalue weighted by Crippen LogP contribution is 2.31. The normalized spacial score (nSPS) is 21.2. The first kappa shape index (κ1) is 20.8. The molecule has 2 atom stereocenters. The number of carboxylic acid groups (broad SMARTS) is 1. The molecule has 146 valence electrons. The third-order valence-corrected chi connectivity index (χ3v) is 4.43. The molecule has 0 spiro atoms. The van der Waals surface area contributed by atoms with Gasteiger partial charge in [0.2, 0.25) is 0 Å². The van der Waals surface area contributed by atoms with Crippen molar-refractivity contribution in [2.45, 2.75) is 31.5 Å². The van der Waals surface area contributed by atoms with E-state index in [1.165, 1.54) is 13.3 Å². The Morgan fingerprint density at radius 1 is 1.48 bits per heavy atom. The molecule has 0 aliphatic carbocycles. The zero-order valence-corrected chi connectivity index (χ0v) is 15.9. The number of carboxylic acids is 1. The lowest BCUT2D eigenvalue weighted by Crippen LogP contribution is -2.30. The van der Waals surface area contributed by atoms with Crippen LogP contribution in [0, 0.1) is 0 Å². The van der Waals surface area contributed by atoms with Gasteiger partial charge in [-0.05, 0) is 43.2 Å². The van der Waals surface area contributed by atoms with Crippen molar-refractivity contribution in [1.29, 1.82) is 0 Å². The molecule has 2 rings (SSSR count). The smallest absolute Gasteiger partial charge is 0.355 e. The van der Waals surface area contributed by atoms with Crippen LogP contribution in [0.3, 0.4) is 0 Å². The standard InChI is InChI=1S/C19H24ClN3O4/c1-3-22-18(17(26-2)16(21)19(24)25)23-11-14-5-4-6-15(27-14)12-7-9-13(20)10-8-12/h3,7-10,14-15H,1,4-6,11,21H2,2H3,(H,22,23)(H,24,25)/b17-16+/t14-,15+/m0/s1. The highest BCUT2D eigenvalue weighted by atomic mass is 35.5. The number of ether oxygens (including phenoxy) is 2. The summed E-state index contributed by atoms with van der Waals surface area (Å²) in [4.78, 5) is 15.5. The molecule has 1 aliphatic rings. The molecule has 4 N–H and O–H groups in total. The number of carbonyl (C=O) groups is 1. The maximum absolute atomic E-state index is 11.1. The minimum absolute atomic E-state index is 0.0199.